The Hall–Kier alpha value is -1.59. The van der Waals surface area contributed by atoms with Crippen molar-refractivity contribution >= 4 is 39.1 Å². The molecule has 0 fully saturated rings. The normalized spacial score (nSPS) is 11.3. The minimum atomic E-state index is 0.575. The minimum absolute atomic E-state index is 0.575. The Morgan fingerprint density at radius 3 is 2.80 bits per heavy atom. The molecule has 0 saturated carbocycles. The highest BCUT2D eigenvalue weighted by Gasteiger charge is 2.17. The van der Waals surface area contributed by atoms with E-state index >= 15 is 0 Å². The fourth-order valence-electron chi connectivity index (χ4n) is 2.34. The smallest absolute Gasteiger partial charge is 0.180 e. The van der Waals surface area contributed by atoms with Gasteiger partial charge in [0.25, 0.3) is 0 Å². The topological polar surface area (TPSA) is 56.7 Å². The number of anilines is 1. The van der Waals surface area contributed by atoms with Crippen LogP contribution in [0.4, 0.5) is 5.13 Å². The average molecular weight is 307 g/mol. The maximum absolute atomic E-state index is 6.11. The van der Waals surface area contributed by atoms with Crippen molar-refractivity contribution in [3.63, 3.8) is 0 Å². The number of hydrogen-bond donors (Lipinski definition) is 1. The van der Waals surface area contributed by atoms with Crippen LogP contribution in [-0.2, 0) is 6.54 Å². The predicted molar refractivity (Wildman–Crippen MR) is 85.3 cm³/mol. The quantitative estimate of drug-likeness (QED) is 0.792. The Kier molecular flexibility index (Phi) is 3.40. The molecule has 3 aromatic rings. The highest BCUT2D eigenvalue weighted by atomic mass is 35.5. The fraction of sp³-hybridized carbons (Fsp3) is 0.286. The third-order valence-corrected chi connectivity index (χ3v) is 4.39. The number of nitrogens with two attached hydrogens (primary N) is 1. The van der Waals surface area contributed by atoms with Gasteiger partial charge in [-0.25, -0.2) is 9.97 Å². The Bertz CT molecular complexity index is 775. The number of rotatable bonds is 3. The molecule has 0 spiro atoms. The lowest BCUT2D eigenvalue weighted by Gasteiger charge is -2.06. The zero-order valence-corrected chi connectivity index (χ0v) is 12.9. The molecule has 0 aliphatic heterocycles. The lowest BCUT2D eigenvalue weighted by atomic mass is 10.3. The Morgan fingerprint density at radius 2 is 2.15 bits per heavy atom. The summed E-state index contributed by atoms with van der Waals surface area (Å²) in [5, 5.41) is 1.30. The summed E-state index contributed by atoms with van der Waals surface area (Å²) < 4.78 is 2.20. The van der Waals surface area contributed by atoms with Gasteiger partial charge in [0.2, 0.25) is 0 Å². The van der Waals surface area contributed by atoms with Gasteiger partial charge >= 0.3 is 0 Å². The maximum Gasteiger partial charge on any atom is 0.180 e. The monoisotopic (exact) mass is 306 g/mol. The molecule has 2 heterocycles. The summed E-state index contributed by atoms with van der Waals surface area (Å²) in [6, 6.07) is 5.78. The Balaban J connectivity index is 2.29. The summed E-state index contributed by atoms with van der Waals surface area (Å²) in [7, 11) is 0. The maximum atomic E-state index is 6.11. The molecule has 0 amide bonds. The predicted octanol–water partition coefficient (Wildman–Crippen LogP) is 4.11. The third-order valence-electron chi connectivity index (χ3n) is 3.17. The molecule has 2 aromatic heterocycles. The number of thiazole rings is 1. The number of aryl methyl sites for hydroxylation is 2. The summed E-state index contributed by atoms with van der Waals surface area (Å²) >= 11 is 7.59. The Morgan fingerprint density at radius 1 is 1.35 bits per heavy atom. The molecule has 3 rings (SSSR count). The van der Waals surface area contributed by atoms with Crippen molar-refractivity contribution in [2.24, 2.45) is 0 Å². The molecule has 20 heavy (non-hydrogen) atoms. The zero-order chi connectivity index (χ0) is 14.3. The Labute approximate surface area is 126 Å². The van der Waals surface area contributed by atoms with Crippen LogP contribution in [0.25, 0.3) is 21.7 Å². The number of aromatic nitrogens is 3. The van der Waals surface area contributed by atoms with Crippen LogP contribution in [0.2, 0.25) is 5.02 Å². The van der Waals surface area contributed by atoms with E-state index in [-0.39, 0.29) is 0 Å². The summed E-state index contributed by atoms with van der Waals surface area (Å²) in [5.74, 6) is 0.927. The molecular formula is C14H15ClN4S. The molecule has 4 nitrogen and oxygen atoms in total. The first-order chi connectivity index (χ1) is 9.60. The van der Waals surface area contributed by atoms with Crippen LogP contribution in [0.3, 0.4) is 0 Å². The summed E-state index contributed by atoms with van der Waals surface area (Å²) in [4.78, 5) is 10.1. The van der Waals surface area contributed by atoms with Gasteiger partial charge in [-0.2, -0.15) is 0 Å². The van der Waals surface area contributed by atoms with Gasteiger partial charge in [-0.15, -0.1) is 0 Å². The van der Waals surface area contributed by atoms with Crippen LogP contribution >= 0.6 is 22.9 Å². The second-order valence-corrected chi connectivity index (χ2v) is 6.15. The van der Waals surface area contributed by atoms with Crippen LogP contribution in [0.15, 0.2) is 18.2 Å². The molecule has 0 bridgehead atoms. The van der Waals surface area contributed by atoms with Gasteiger partial charge in [-0.1, -0.05) is 29.9 Å². The van der Waals surface area contributed by atoms with E-state index in [0.717, 1.165) is 45.4 Å². The highest BCUT2D eigenvalue weighted by molar-refractivity contribution is 7.18. The first-order valence-corrected chi connectivity index (χ1v) is 7.68. The van der Waals surface area contributed by atoms with Crippen molar-refractivity contribution in [2.75, 3.05) is 5.73 Å². The lowest BCUT2D eigenvalue weighted by Crippen LogP contribution is -1.99. The standard InChI is InChI=1S/C14H15ClN4S/c1-3-6-19-11-7-9(15)4-5-10(11)18-13(19)12-8(2)17-14(16)20-12/h4-5,7H,3,6H2,1-2H3,(H2,16,17). The third kappa shape index (κ3) is 2.17. The summed E-state index contributed by atoms with van der Waals surface area (Å²) in [5.41, 5.74) is 8.74. The van der Waals surface area contributed by atoms with Crippen molar-refractivity contribution < 1.29 is 0 Å². The van der Waals surface area contributed by atoms with Crippen LogP contribution in [0, 0.1) is 6.92 Å². The van der Waals surface area contributed by atoms with Crippen molar-refractivity contribution in [2.45, 2.75) is 26.8 Å². The number of halogens is 1. The number of nitrogens with zero attached hydrogens (tertiary/aromatic N) is 3. The van der Waals surface area contributed by atoms with Crippen LogP contribution in [0.5, 0.6) is 0 Å². The number of nitrogen functional groups attached to an aromatic ring is 1. The summed E-state index contributed by atoms with van der Waals surface area (Å²) in [6.07, 6.45) is 1.03. The van der Waals surface area contributed by atoms with Gasteiger partial charge in [0.1, 0.15) is 0 Å². The van der Waals surface area contributed by atoms with Crippen molar-refractivity contribution in [3.8, 4) is 10.7 Å². The van der Waals surface area contributed by atoms with E-state index in [1.54, 1.807) is 0 Å². The van der Waals surface area contributed by atoms with Gasteiger partial charge in [0.05, 0.1) is 21.6 Å². The molecule has 0 saturated heterocycles. The van der Waals surface area contributed by atoms with Crippen molar-refractivity contribution in [1.82, 2.24) is 14.5 Å². The fourth-order valence-corrected chi connectivity index (χ4v) is 3.34. The first-order valence-electron chi connectivity index (χ1n) is 6.49. The van der Waals surface area contributed by atoms with Crippen molar-refractivity contribution in [1.29, 1.82) is 0 Å². The van der Waals surface area contributed by atoms with Gasteiger partial charge < -0.3 is 10.3 Å². The molecule has 0 unspecified atom stereocenters. The molecule has 0 aliphatic carbocycles. The number of hydrogen-bond acceptors (Lipinski definition) is 4. The molecule has 0 aliphatic rings. The molecule has 104 valence electrons. The van der Waals surface area contributed by atoms with Crippen molar-refractivity contribution in [3.05, 3.63) is 28.9 Å². The van der Waals surface area contributed by atoms with Crippen LogP contribution in [-0.4, -0.2) is 14.5 Å². The lowest BCUT2D eigenvalue weighted by molar-refractivity contribution is 0.704. The van der Waals surface area contributed by atoms with Crippen LogP contribution in [0.1, 0.15) is 19.0 Å². The average Bonchev–Trinajstić information content (AvgIpc) is 2.91. The van der Waals surface area contributed by atoms with Gasteiger partial charge in [-0.3, -0.25) is 0 Å². The largest absolute Gasteiger partial charge is 0.375 e. The summed E-state index contributed by atoms with van der Waals surface area (Å²) in [6.45, 7) is 5.00. The number of imidazole rings is 1. The second-order valence-electron chi connectivity index (χ2n) is 4.69. The molecule has 0 radical (unpaired) electrons. The molecule has 0 atom stereocenters. The molecule has 1 aromatic carbocycles. The van der Waals surface area contributed by atoms with Crippen LogP contribution < -0.4 is 5.73 Å². The van der Waals surface area contributed by atoms with E-state index < -0.39 is 0 Å². The van der Waals surface area contributed by atoms with E-state index in [2.05, 4.69) is 16.5 Å². The van der Waals surface area contributed by atoms with E-state index in [1.807, 2.05) is 25.1 Å². The van der Waals surface area contributed by atoms with E-state index in [9.17, 15) is 0 Å². The first kappa shape index (κ1) is 13.4. The SMILES string of the molecule is CCCn1c(-c2sc(N)nc2C)nc2ccc(Cl)cc21. The number of benzene rings is 1. The molecule has 2 N–H and O–H groups in total. The van der Waals surface area contributed by atoms with Gasteiger partial charge in [0, 0.05) is 11.6 Å². The van der Waals surface area contributed by atoms with Gasteiger partial charge in [-0.05, 0) is 31.5 Å². The second kappa shape index (κ2) is 5.07. The van der Waals surface area contributed by atoms with E-state index in [1.165, 1.54) is 11.3 Å². The van der Waals surface area contributed by atoms with Gasteiger partial charge in [0.15, 0.2) is 11.0 Å². The molecule has 6 heteroatoms. The van der Waals surface area contributed by atoms with E-state index in [0.29, 0.717) is 5.13 Å². The van der Waals surface area contributed by atoms with E-state index in [4.69, 9.17) is 22.3 Å². The zero-order valence-electron chi connectivity index (χ0n) is 11.4. The molecular weight excluding hydrogens is 292 g/mol. The highest BCUT2D eigenvalue weighted by Crippen LogP contribution is 2.33. The minimum Gasteiger partial charge on any atom is -0.375 e. The number of fused-ring (bicyclic) bond motifs is 1.